The Morgan fingerprint density at radius 3 is 1.62 bits per heavy atom. The predicted molar refractivity (Wildman–Crippen MR) is 125 cm³/mol. The molecule has 3 saturated carbocycles. The van der Waals surface area contributed by atoms with Gasteiger partial charge in [0.25, 0.3) is 0 Å². The Labute approximate surface area is 182 Å². The highest BCUT2D eigenvalue weighted by molar-refractivity contribution is 4.99. The predicted octanol–water partition coefficient (Wildman–Crippen LogP) is 9.07. The zero-order chi connectivity index (χ0) is 20.5. The molecule has 1 nitrogen and oxygen atoms in total. The second-order valence-corrected chi connectivity index (χ2v) is 11.5. The molecule has 0 bridgehead atoms. The monoisotopic (exact) mass is 399 g/mol. The third-order valence-corrected chi connectivity index (χ3v) is 9.41. The summed E-state index contributed by atoms with van der Waals surface area (Å²) < 4.78 is 0. The van der Waals surface area contributed by atoms with Gasteiger partial charge in [0, 0.05) is 0 Å². The van der Waals surface area contributed by atoms with Crippen LogP contribution < -0.4 is 0 Å². The van der Waals surface area contributed by atoms with E-state index >= 15 is 0 Å². The van der Waals surface area contributed by atoms with E-state index in [9.17, 15) is 5.26 Å². The van der Waals surface area contributed by atoms with E-state index in [-0.39, 0.29) is 5.41 Å². The summed E-state index contributed by atoms with van der Waals surface area (Å²) in [6, 6.07) is 2.58. The van der Waals surface area contributed by atoms with Gasteiger partial charge in [-0.25, -0.2) is 0 Å². The standard InChI is InChI=1S/C28H49N/c1-3-4-5-6-7-8-9-23-10-12-24(13-11-23)25-14-16-26(17-15-25)27-18-20-28(2,22-29)21-19-27/h23-27H,3-21H2,1-2H3. The quantitative estimate of drug-likeness (QED) is 0.355. The molecule has 0 aliphatic heterocycles. The molecule has 0 aromatic carbocycles. The summed E-state index contributed by atoms with van der Waals surface area (Å²) in [7, 11) is 0. The molecule has 0 heterocycles. The molecule has 0 aromatic rings. The Kier molecular flexibility index (Phi) is 9.40. The van der Waals surface area contributed by atoms with E-state index in [2.05, 4.69) is 19.9 Å². The van der Waals surface area contributed by atoms with Gasteiger partial charge < -0.3 is 0 Å². The number of unbranched alkanes of at least 4 members (excludes halogenated alkanes) is 5. The van der Waals surface area contributed by atoms with Gasteiger partial charge >= 0.3 is 0 Å². The second-order valence-electron chi connectivity index (χ2n) is 11.5. The van der Waals surface area contributed by atoms with E-state index in [1.165, 1.54) is 96.3 Å². The maximum atomic E-state index is 9.39. The molecular formula is C28H49N. The van der Waals surface area contributed by atoms with Crippen LogP contribution in [0.2, 0.25) is 0 Å². The van der Waals surface area contributed by atoms with Crippen molar-refractivity contribution in [1.82, 2.24) is 0 Å². The number of rotatable bonds is 9. The van der Waals surface area contributed by atoms with Crippen molar-refractivity contribution in [2.45, 2.75) is 136 Å². The molecule has 0 saturated heterocycles. The highest BCUT2D eigenvalue weighted by atomic mass is 14.4. The number of hydrogen-bond acceptors (Lipinski definition) is 1. The first kappa shape index (κ1) is 23.2. The first-order chi connectivity index (χ1) is 14.1. The minimum atomic E-state index is -0.0121. The summed E-state index contributed by atoms with van der Waals surface area (Å²) in [5.74, 6) is 5.09. The van der Waals surface area contributed by atoms with Crippen LogP contribution in [0.15, 0.2) is 0 Å². The number of nitrogens with zero attached hydrogens (tertiary/aromatic N) is 1. The maximum absolute atomic E-state index is 9.39. The third kappa shape index (κ3) is 7.01. The SMILES string of the molecule is CCCCCCCCC1CCC(C2CCC(C3CCC(C)(C#N)CC3)CC2)CC1. The Bertz CT molecular complexity index is 479. The third-order valence-electron chi connectivity index (χ3n) is 9.41. The largest absolute Gasteiger partial charge is 0.198 e. The molecule has 0 amide bonds. The lowest BCUT2D eigenvalue weighted by atomic mass is 9.63. The Hall–Kier alpha value is -0.510. The highest BCUT2D eigenvalue weighted by Crippen LogP contribution is 2.48. The smallest absolute Gasteiger partial charge is 0.0686 e. The minimum absolute atomic E-state index is 0.0121. The van der Waals surface area contributed by atoms with Crippen LogP contribution >= 0.6 is 0 Å². The first-order valence-electron chi connectivity index (χ1n) is 13.5. The molecule has 0 spiro atoms. The van der Waals surface area contributed by atoms with Gasteiger partial charge in [0.05, 0.1) is 11.5 Å². The Morgan fingerprint density at radius 2 is 1.10 bits per heavy atom. The molecular weight excluding hydrogens is 350 g/mol. The highest BCUT2D eigenvalue weighted by Gasteiger charge is 2.37. The van der Waals surface area contributed by atoms with Crippen molar-refractivity contribution in [1.29, 1.82) is 5.26 Å². The summed E-state index contributed by atoms with van der Waals surface area (Å²) in [5.41, 5.74) is -0.0121. The molecule has 0 N–H and O–H groups in total. The van der Waals surface area contributed by atoms with Crippen molar-refractivity contribution in [3.05, 3.63) is 0 Å². The zero-order valence-corrected chi connectivity index (χ0v) is 19.8. The van der Waals surface area contributed by atoms with Crippen molar-refractivity contribution in [3.63, 3.8) is 0 Å². The average molecular weight is 400 g/mol. The van der Waals surface area contributed by atoms with Crippen LogP contribution in [0.3, 0.4) is 0 Å². The van der Waals surface area contributed by atoms with Crippen LogP contribution in [0.25, 0.3) is 0 Å². The second kappa shape index (κ2) is 11.8. The molecule has 3 aliphatic rings. The topological polar surface area (TPSA) is 23.8 Å². The molecule has 29 heavy (non-hydrogen) atoms. The summed E-state index contributed by atoms with van der Waals surface area (Å²) in [4.78, 5) is 0. The molecule has 166 valence electrons. The van der Waals surface area contributed by atoms with Crippen molar-refractivity contribution < 1.29 is 0 Å². The van der Waals surface area contributed by atoms with Crippen LogP contribution in [0.4, 0.5) is 0 Å². The normalized spacial score (nSPS) is 38.4. The fourth-order valence-corrected chi connectivity index (χ4v) is 7.11. The van der Waals surface area contributed by atoms with E-state index in [0.29, 0.717) is 0 Å². The van der Waals surface area contributed by atoms with Crippen molar-refractivity contribution in [3.8, 4) is 6.07 Å². The Balaban J connectivity index is 1.28. The van der Waals surface area contributed by atoms with Crippen LogP contribution in [-0.2, 0) is 0 Å². The lowest BCUT2D eigenvalue weighted by Crippen LogP contribution is -2.31. The van der Waals surface area contributed by atoms with Gasteiger partial charge in [-0.15, -0.1) is 0 Å². The van der Waals surface area contributed by atoms with Gasteiger partial charge in [0.15, 0.2) is 0 Å². The van der Waals surface area contributed by atoms with E-state index in [1.54, 1.807) is 12.8 Å². The molecule has 3 aliphatic carbocycles. The van der Waals surface area contributed by atoms with Gasteiger partial charge in [0.2, 0.25) is 0 Å². The van der Waals surface area contributed by atoms with E-state index in [0.717, 1.165) is 42.4 Å². The lowest BCUT2D eigenvalue weighted by molar-refractivity contribution is 0.0962. The van der Waals surface area contributed by atoms with Crippen molar-refractivity contribution >= 4 is 0 Å². The van der Waals surface area contributed by atoms with Crippen molar-refractivity contribution in [2.24, 2.45) is 35.0 Å². The van der Waals surface area contributed by atoms with Crippen LogP contribution in [-0.4, -0.2) is 0 Å². The molecule has 1 heteroatoms. The molecule has 0 atom stereocenters. The Morgan fingerprint density at radius 1 is 0.655 bits per heavy atom. The van der Waals surface area contributed by atoms with E-state index < -0.39 is 0 Å². The summed E-state index contributed by atoms with van der Waals surface area (Å²) in [6.07, 6.45) is 27.4. The summed E-state index contributed by atoms with van der Waals surface area (Å²) >= 11 is 0. The van der Waals surface area contributed by atoms with Crippen LogP contribution in [0.1, 0.15) is 136 Å². The van der Waals surface area contributed by atoms with Gasteiger partial charge in [0.1, 0.15) is 0 Å². The van der Waals surface area contributed by atoms with Crippen LogP contribution in [0.5, 0.6) is 0 Å². The molecule has 3 rings (SSSR count). The van der Waals surface area contributed by atoms with E-state index in [1.807, 2.05) is 0 Å². The first-order valence-corrected chi connectivity index (χ1v) is 13.5. The fraction of sp³-hybridized carbons (Fsp3) is 0.964. The van der Waals surface area contributed by atoms with Gasteiger partial charge in [-0.3, -0.25) is 0 Å². The van der Waals surface area contributed by atoms with E-state index in [4.69, 9.17) is 0 Å². The molecule has 3 fully saturated rings. The van der Waals surface area contributed by atoms with Gasteiger partial charge in [-0.05, 0) is 101 Å². The van der Waals surface area contributed by atoms with Gasteiger partial charge in [-0.2, -0.15) is 5.26 Å². The maximum Gasteiger partial charge on any atom is 0.0686 e. The zero-order valence-electron chi connectivity index (χ0n) is 19.8. The summed E-state index contributed by atoms with van der Waals surface area (Å²) in [5, 5.41) is 9.39. The van der Waals surface area contributed by atoms with Gasteiger partial charge in [-0.1, -0.05) is 64.7 Å². The average Bonchev–Trinajstić information content (AvgIpc) is 2.77. The fourth-order valence-electron chi connectivity index (χ4n) is 7.11. The molecule has 0 aromatic heterocycles. The van der Waals surface area contributed by atoms with Crippen LogP contribution in [0, 0.1) is 46.3 Å². The summed E-state index contributed by atoms with van der Waals surface area (Å²) in [6.45, 7) is 4.50. The molecule has 0 radical (unpaired) electrons. The minimum Gasteiger partial charge on any atom is -0.198 e. The number of hydrogen-bond donors (Lipinski definition) is 0. The van der Waals surface area contributed by atoms with Crippen molar-refractivity contribution in [2.75, 3.05) is 0 Å². The lowest BCUT2D eigenvalue weighted by Gasteiger charge is -2.42. The molecule has 0 unspecified atom stereocenters. The number of nitriles is 1.